The van der Waals surface area contributed by atoms with Gasteiger partial charge in [-0.2, -0.15) is 0 Å². The molecule has 1 N–H and O–H groups in total. The number of likely N-dealkylation sites (tertiary alicyclic amines) is 1. The van der Waals surface area contributed by atoms with Crippen molar-refractivity contribution in [3.05, 3.63) is 95.7 Å². The van der Waals surface area contributed by atoms with Crippen LogP contribution in [0.15, 0.2) is 77.6 Å². The minimum atomic E-state index is -0.611. The summed E-state index contributed by atoms with van der Waals surface area (Å²) in [5.74, 6) is -0.349. The molecule has 6 nitrogen and oxygen atoms in total. The number of nitrogens with one attached hydrogen (secondary N) is 1. The highest BCUT2D eigenvalue weighted by Gasteiger charge is 2.43. The van der Waals surface area contributed by atoms with Gasteiger partial charge in [0, 0.05) is 42.6 Å². The molecular formula is C27H28FN3O3S. The molecule has 5 rings (SSSR count). The first-order chi connectivity index (χ1) is 17.1. The Hall–Kier alpha value is -3.10. The van der Waals surface area contributed by atoms with Crippen LogP contribution in [0.25, 0.3) is 0 Å². The standard InChI is InChI=1S/C27H28FN3O3S/c28-22-8-6-20(7-9-22)26(33)31-24(18-35-27(31)21-12-15-34-17-21)25(32)29-23-10-13-30(14-11-23)16-19-4-2-1-3-5-19/h1-9,12,15,17,23-24,27H,10-11,13-14,16,18H2,(H,29,32). The predicted molar refractivity (Wildman–Crippen MR) is 133 cm³/mol. The van der Waals surface area contributed by atoms with Crippen LogP contribution in [-0.2, 0) is 11.3 Å². The van der Waals surface area contributed by atoms with Crippen LogP contribution in [0.2, 0.25) is 0 Å². The lowest BCUT2D eigenvalue weighted by Gasteiger charge is -2.34. The summed E-state index contributed by atoms with van der Waals surface area (Å²) in [6.07, 6.45) is 4.91. The number of furan rings is 1. The molecule has 0 bridgehead atoms. The Morgan fingerprint density at radius 1 is 1.03 bits per heavy atom. The van der Waals surface area contributed by atoms with E-state index in [0.29, 0.717) is 11.3 Å². The third kappa shape index (κ3) is 5.44. The minimum absolute atomic E-state index is 0.0790. The van der Waals surface area contributed by atoms with Gasteiger partial charge in [-0.25, -0.2) is 4.39 Å². The highest BCUT2D eigenvalue weighted by Crippen LogP contribution is 2.42. The SMILES string of the molecule is O=C(NC1CCN(Cc2ccccc2)CC1)C1CSC(c2ccoc2)N1C(=O)c1ccc(F)cc1. The van der Waals surface area contributed by atoms with Crippen molar-refractivity contribution in [1.82, 2.24) is 15.1 Å². The summed E-state index contributed by atoms with van der Waals surface area (Å²) >= 11 is 1.54. The third-order valence-corrected chi connectivity index (χ3v) is 7.96. The summed E-state index contributed by atoms with van der Waals surface area (Å²) in [5.41, 5.74) is 2.47. The number of nitrogens with zero attached hydrogens (tertiary/aromatic N) is 2. The number of benzene rings is 2. The van der Waals surface area contributed by atoms with Crippen LogP contribution in [0, 0.1) is 5.82 Å². The maximum atomic E-state index is 13.5. The van der Waals surface area contributed by atoms with Gasteiger partial charge >= 0.3 is 0 Å². The number of halogens is 1. The summed E-state index contributed by atoms with van der Waals surface area (Å²) in [6.45, 7) is 2.73. The van der Waals surface area contributed by atoms with Crippen LogP contribution in [-0.4, -0.2) is 52.5 Å². The molecule has 2 amide bonds. The number of hydrogen-bond acceptors (Lipinski definition) is 5. The van der Waals surface area contributed by atoms with Crippen LogP contribution < -0.4 is 5.32 Å². The van der Waals surface area contributed by atoms with Gasteiger partial charge in [0.25, 0.3) is 5.91 Å². The van der Waals surface area contributed by atoms with Crippen molar-refractivity contribution in [2.45, 2.75) is 36.8 Å². The fourth-order valence-corrected chi connectivity index (χ4v) is 6.15. The van der Waals surface area contributed by atoms with Gasteiger partial charge in [0.2, 0.25) is 5.91 Å². The smallest absolute Gasteiger partial charge is 0.255 e. The first kappa shape index (κ1) is 23.6. The zero-order valence-corrected chi connectivity index (χ0v) is 20.1. The second-order valence-electron chi connectivity index (χ2n) is 9.02. The lowest BCUT2D eigenvalue weighted by Crippen LogP contribution is -2.52. The van der Waals surface area contributed by atoms with Gasteiger partial charge in [0.1, 0.15) is 17.2 Å². The summed E-state index contributed by atoms with van der Waals surface area (Å²) < 4.78 is 18.7. The van der Waals surface area contributed by atoms with Crippen molar-refractivity contribution in [2.24, 2.45) is 0 Å². The first-order valence-electron chi connectivity index (χ1n) is 11.9. The Bertz CT molecular complexity index is 1130. The number of rotatable bonds is 6. The Morgan fingerprint density at radius 2 is 1.77 bits per heavy atom. The van der Waals surface area contributed by atoms with Crippen LogP contribution >= 0.6 is 11.8 Å². The third-order valence-electron chi connectivity index (χ3n) is 6.64. The van der Waals surface area contributed by atoms with E-state index in [9.17, 15) is 14.0 Å². The molecule has 2 aliphatic rings. The maximum Gasteiger partial charge on any atom is 0.255 e. The lowest BCUT2D eigenvalue weighted by atomic mass is 10.0. The summed E-state index contributed by atoms with van der Waals surface area (Å²) in [4.78, 5) is 30.9. The molecule has 3 heterocycles. The number of carbonyl (C=O) groups excluding carboxylic acids is 2. The molecule has 3 aromatic rings. The summed E-state index contributed by atoms with van der Waals surface area (Å²) in [6, 6.07) is 17.1. The highest BCUT2D eigenvalue weighted by molar-refractivity contribution is 7.99. The zero-order chi connectivity index (χ0) is 24.2. The van der Waals surface area contributed by atoms with Crippen LogP contribution in [0.4, 0.5) is 4.39 Å². The predicted octanol–water partition coefficient (Wildman–Crippen LogP) is 4.46. The van der Waals surface area contributed by atoms with Crippen LogP contribution in [0.3, 0.4) is 0 Å². The average molecular weight is 494 g/mol. The van der Waals surface area contributed by atoms with Crippen molar-refractivity contribution >= 4 is 23.6 Å². The molecule has 0 aliphatic carbocycles. The van der Waals surface area contributed by atoms with Gasteiger partial charge in [-0.15, -0.1) is 11.8 Å². The summed E-state index contributed by atoms with van der Waals surface area (Å²) in [7, 11) is 0. The zero-order valence-electron chi connectivity index (χ0n) is 19.3. The van der Waals surface area contributed by atoms with Gasteiger partial charge < -0.3 is 14.6 Å². The fourth-order valence-electron chi connectivity index (χ4n) is 4.74. The topological polar surface area (TPSA) is 65.8 Å². The fraction of sp³-hybridized carbons (Fsp3) is 0.333. The molecular weight excluding hydrogens is 465 g/mol. The number of thioether (sulfide) groups is 1. The van der Waals surface area contributed by atoms with E-state index >= 15 is 0 Å². The lowest BCUT2D eigenvalue weighted by molar-refractivity contribution is -0.125. The Labute approximate surface area is 208 Å². The largest absolute Gasteiger partial charge is 0.472 e. The van der Waals surface area contributed by atoms with Crippen molar-refractivity contribution < 1.29 is 18.4 Å². The molecule has 35 heavy (non-hydrogen) atoms. The van der Waals surface area contributed by atoms with Gasteiger partial charge in [0.15, 0.2) is 0 Å². The molecule has 1 aromatic heterocycles. The van der Waals surface area contributed by atoms with E-state index in [-0.39, 0.29) is 23.2 Å². The van der Waals surface area contributed by atoms with Gasteiger partial charge in [0.05, 0.1) is 12.5 Å². The van der Waals surface area contributed by atoms with E-state index in [2.05, 4.69) is 34.5 Å². The molecule has 2 atom stereocenters. The van der Waals surface area contributed by atoms with E-state index in [1.54, 1.807) is 17.4 Å². The van der Waals surface area contributed by atoms with E-state index in [1.807, 2.05) is 12.1 Å². The highest BCUT2D eigenvalue weighted by atomic mass is 32.2. The molecule has 2 saturated heterocycles. The Kier molecular flexibility index (Phi) is 7.20. The van der Waals surface area contributed by atoms with E-state index in [4.69, 9.17) is 4.42 Å². The second-order valence-corrected chi connectivity index (χ2v) is 10.1. The molecule has 2 aliphatic heterocycles. The monoisotopic (exact) mass is 493 g/mol. The number of amides is 2. The maximum absolute atomic E-state index is 13.5. The molecule has 0 radical (unpaired) electrons. The first-order valence-corrected chi connectivity index (χ1v) is 12.9. The van der Waals surface area contributed by atoms with Crippen LogP contribution in [0.1, 0.15) is 39.7 Å². The number of piperidine rings is 1. The molecule has 0 spiro atoms. The molecule has 0 saturated carbocycles. The molecule has 2 fully saturated rings. The van der Waals surface area contributed by atoms with Gasteiger partial charge in [-0.3, -0.25) is 14.5 Å². The molecule has 182 valence electrons. The van der Waals surface area contributed by atoms with E-state index in [1.165, 1.54) is 41.6 Å². The molecule has 2 unspecified atom stereocenters. The quantitative estimate of drug-likeness (QED) is 0.550. The van der Waals surface area contributed by atoms with Gasteiger partial charge in [-0.1, -0.05) is 30.3 Å². The second kappa shape index (κ2) is 10.7. The number of hydrogen-bond donors (Lipinski definition) is 1. The normalized spacial score (nSPS) is 21.2. The van der Waals surface area contributed by atoms with Gasteiger partial charge in [-0.05, 0) is 48.7 Å². The average Bonchev–Trinajstić information content (AvgIpc) is 3.56. The Balaban J connectivity index is 1.25. The van der Waals surface area contributed by atoms with E-state index in [0.717, 1.165) is 38.0 Å². The molecule has 2 aromatic carbocycles. The minimum Gasteiger partial charge on any atom is -0.472 e. The van der Waals surface area contributed by atoms with E-state index < -0.39 is 11.9 Å². The molecule has 8 heteroatoms. The summed E-state index contributed by atoms with van der Waals surface area (Å²) in [5, 5.41) is 2.86. The van der Waals surface area contributed by atoms with Crippen molar-refractivity contribution in [3.8, 4) is 0 Å². The van der Waals surface area contributed by atoms with Crippen LogP contribution in [0.5, 0.6) is 0 Å². The van der Waals surface area contributed by atoms with Crippen molar-refractivity contribution in [1.29, 1.82) is 0 Å². The van der Waals surface area contributed by atoms with Crippen molar-refractivity contribution in [2.75, 3.05) is 18.8 Å². The van der Waals surface area contributed by atoms with Crippen molar-refractivity contribution in [3.63, 3.8) is 0 Å². The number of carbonyl (C=O) groups is 2. The Morgan fingerprint density at radius 3 is 2.46 bits per heavy atom.